The van der Waals surface area contributed by atoms with Crippen LogP contribution >= 0.6 is 0 Å². The molecule has 31 heavy (non-hydrogen) atoms. The lowest BCUT2D eigenvalue weighted by Crippen LogP contribution is -2.58. The molecular weight excluding hydrogens is 386 g/mol. The Balaban J connectivity index is 1.60. The minimum atomic E-state index is -0.926. The zero-order valence-corrected chi connectivity index (χ0v) is 17.2. The number of rotatable bonds is 3. The van der Waals surface area contributed by atoms with E-state index < -0.39 is 23.4 Å². The number of imide groups is 1. The van der Waals surface area contributed by atoms with Gasteiger partial charge in [-0.2, -0.15) is 0 Å². The highest BCUT2D eigenvalue weighted by atomic mass is 16.3. The number of benzene rings is 3. The maximum atomic E-state index is 13.9. The number of aliphatic hydroxyl groups excluding tert-OH is 1. The Labute approximate surface area is 181 Å². The Morgan fingerprint density at radius 2 is 1.39 bits per heavy atom. The van der Waals surface area contributed by atoms with Crippen molar-refractivity contribution in [1.82, 2.24) is 4.90 Å². The van der Waals surface area contributed by atoms with E-state index in [1.165, 1.54) is 4.90 Å². The van der Waals surface area contributed by atoms with Crippen LogP contribution in [0.5, 0.6) is 0 Å². The average molecular weight is 409 g/mol. The van der Waals surface area contributed by atoms with E-state index in [1.807, 2.05) is 66.7 Å². The van der Waals surface area contributed by atoms with Crippen LogP contribution in [0, 0.1) is 11.8 Å². The summed E-state index contributed by atoms with van der Waals surface area (Å²) in [6.45, 7) is 2.02. The molecule has 3 aromatic rings. The van der Waals surface area contributed by atoms with Gasteiger partial charge in [-0.25, -0.2) is 0 Å². The van der Waals surface area contributed by atoms with Crippen LogP contribution in [0.15, 0.2) is 78.9 Å². The van der Waals surface area contributed by atoms with Crippen LogP contribution in [-0.2, 0) is 21.5 Å². The van der Waals surface area contributed by atoms with Crippen LogP contribution in [-0.4, -0.2) is 27.9 Å². The summed E-state index contributed by atoms with van der Waals surface area (Å²) in [6.07, 6.45) is -0.822. The number of likely N-dealkylation sites (tertiary alicyclic amines) is 1. The molecule has 4 nitrogen and oxygen atoms in total. The van der Waals surface area contributed by atoms with Crippen molar-refractivity contribution < 1.29 is 14.7 Å². The van der Waals surface area contributed by atoms with Crippen molar-refractivity contribution in [2.45, 2.75) is 30.9 Å². The highest BCUT2D eigenvalue weighted by molar-refractivity contribution is 6.08. The topological polar surface area (TPSA) is 57.6 Å². The second kappa shape index (κ2) is 6.38. The molecule has 1 N–H and O–H groups in total. The molecule has 2 amide bonds. The minimum Gasteiger partial charge on any atom is -0.392 e. The predicted octanol–water partition coefficient (Wildman–Crippen LogP) is 3.61. The molecule has 1 heterocycles. The van der Waals surface area contributed by atoms with Crippen molar-refractivity contribution in [3.05, 3.63) is 107 Å². The SMILES string of the molecule is C[C@H](O)C12c3ccccc3C(c3ccccc31)[C@@H]1C(=O)N(Cc3ccccc3)C(=O)[C@@H]12. The molecule has 0 aromatic heterocycles. The zero-order valence-electron chi connectivity index (χ0n) is 17.2. The third-order valence-electron chi connectivity index (χ3n) is 7.62. The third-order valence-corrected chi connectivity index (χ3v) is 7.62. The molecule has 1 fully saturated rings. The van der Waals surface area contributed by atoms with E-state index in [1.54, 1.807) is 6.92 Å². The van der Waals surface area contributed by atoms with Crippen molar-refractivity contribution in [1.29, 1.82) is 0 Å². The van der Waals surface area contributed by atoms with Gasteiger partial charge in [0.2, 0.25) is 11.8 Å². The minimum absolute atomic E-state index is 0.127. The van der Waals surface area contributed by atoms with E-state index >= 15 is 0 Å². The van der Waals surface area contributed by atoms with E-state index in [0.717, 1.165) is 27.8 Å². The van der Waals surface area contributed by atoms with E-state index in [9.17, 15) is 14.7 Å². The molecule has 0 unspecified atom stereocenters. The molecule has 0 spiro atoms. The molecule has 3 aromatic carbocycles. The summed E-state index contributed by atoms with van der Waals surface area (Å²) in [7, 11) is 0. The van der Waals surface area contributed by atoms with Crippen molar-refractivity contribution >= 4 is 11.8 Å². The molecule has 0 radical (unpaired) electrons. The van der Waals surface area contributed by atoms with Gasteiger partial charge in [-0.1, -0.05) is 78.9 Å². The Bertz CT molecular complexity index is 1170. The maximum absolute atomic E-state index is 13.9. The standard InChI is InChI=1S/C27H23NO3/c1-16(29)27-20-13-7-5-11-18(20)22(19-12-6-8-14-21(19)27)23-24(27)26(31)28(25(23)30)15-17-9-3-2-4-10-17/h2-14,16,22-24,29H,15H2,1H3/t16-,22?,23-,24+,27?/m0/s1. The van der Waals surface area contributed by atoms with Crippen LogP contribution in [0.25, 0.3) is 0 Å². The monoisotopic (exact) mass is 409 g/mol. The molecule has 154 valence electrons. The normalized spacial score (nSPS) is 28.8. The number of carbonyl (C=O) groups excluding carboxylic acids is 2. The van der Waals surface area contributed by atoms with E-state index in [-0.39, 0.29) is 24.3 Å². The molecule has 4 aliphatic rings. The van der Waals surface area contributed by atoms with Crippen LogP contribution in [0.3, 0.4) is 0 Å². The molecule has 4 heteroatoms. The highest BCUT2D eigenvalue weighted by Crippen LogP contribution is 2.65. The van der Waals surface area contributed by atoms with Crippen molar-refractivity contribution in [3.8, 4) is 0 Å². The lowest BCUT2D eigenvalue weighted by atomic mass is 9.46. The summed E-state index contributed by atoms with van der Waals surface area (Å²) < 4.78 is 0. The van der Waals surface area contributed by atoms with Gasteiger partial charge in [0.15, 0.2) is 0 Å². The van der Waals surface area contributed by atoms with Gasteiger partial charge in [0.05, 0.1) is 29.9 Å². The summed E-state index contributed by atoms with van der Waals surface area (Å²) >= 11 is 0. The van der Waals surface area contributed by atoms with Crippen molar-refractivity contribution in [2.75, 3.05) is 0 Å². The summed E-state index contributed by atoms with van der Waals surface area (Å²) in [5.74, 6) is -1.56. The molecule has 0 saturated carbocycles. The molecule has 1 saturated heterocycles. The lowest BCUT2D eigenvalue weighted by Gasteiger charge is -2.55. The van der Waals surface area contributed by atoms with Gasteiger partial charge >= 0.3 is 0 Å². The first-order valence-electron chi connectivity index (χ1n) is 10.8. The number of aliphatic hydroxyl groups is 1. The van der Waals surface area contributed by atoms with Crippen molar-refractivity contribution in [2.24, 2.45) is 11.8 Å². The first kappa shape index (κ1) is 18.5. The second-order valence-electron chi connectivity index (χ2n) is 8.95. The Kier molecular flexibility index (Phi) is 3.81. The molecule has 2 bridgehead atoms. The van der Waals surface area contributed by atoms with Gasteiger partial charge < -0.3 is 5.11 Å². The number of carbonyl (C=O) groups is 2. The predicted molar refractivity (Wildman–Crippen MR) is 116 cm³/mol. The molecule has 3 aliphatic carbocycles. The molecule has 7 rings (SSSR count). The Hall–Kier alpha value is -3.24. The van der Waals surface area contributed by atoms with E-state index in [4.69, 9.17) is 0 Å². The summed E-state index contributed by atoms with van der Waals surface area (Å²) in [6, 6.07) is 25.7. The smallest absolute Gasteiger partial charge is 0.234 e. The fourth-order valence-corrected chi connectivity index (χ4v) is 6.52. The van der Waals surface area contributed by atoms with Gasteiger partial charge in [-0.05, 0) is 34.7 Å². The number of amides is 2. The van der Waals surface area contributed by atoms with Gasteiger partial charge in [0.1, 0.15) is 0 Å². The summed E-state index contributed by atoms with van der Waals surface area (Å²) in [5, 5.41) is 11.3. The van der Waals surface area contributed by atoms with Crippen molar-refractivity contribution in [3.63, 3.8) is 0 Å². The first-order valence-corrected chi connectivity index (χ1v) is 10.8. The van der Waals surface area contributed by atoms with Crippen LogP contribution in [0.2, 0.25) is 0 Å². The average Bonchev–Trinajstić information content (AvgIpc) is 3.05. The fourth-order valence-electron chi connectivity index (χ4n) is 6.52. The first-order chi connectivity index (χ1) is 15.1. The molecule has 3 atom stereocenters. The summed E-state index contributed by atoms with van der Waals surface area (Å²) in [5.41, 5.74) is 4.09. The highest BCUT2D eigenvalue weighted by Gasteiger charge is 2.69. The lowest BCUT2D eigenvalue weighted by molar-refractivity contribution is -0.141. The van der Waals surface area contributed by atoms with Crippen LogP contribution in [0.4, 0.5) is 0 Å². The summed E-state index contributed by atoms with van der Waals surface area (Å²) in [4.78, 5) is 29.0. The van der Waals surface area contributed by atoms with Crippen LogP contribution in [0.1, 0.15) is 40.7 Å². The van der Waals surface area contributed by atoms with Gasteiger partial charge in [0.25, 0.3) is 0 Å². The van der Waals surface area contributed by atoms with Gasteiger partial charge in [-0.15, -0.1) is 0 Å². The third kappa shape index (κ3) is 2.18. The van der Waals surface area contributed by atoms with Crippen LogP contribution < -0.4 is 0 Å². The quantitative estimate of drug-likeness (QED) is 0.673. The number of nitrogens with zero attached hydrogens (tertiary/aromatic N) is 1. The fraction of sp³-hybridized carbons (Fsp3) is 0.259. The molecule has 1 aliphatic heterocycles. The Morgan fingerprint density at radius 3 is 1.97 bits per heavy atom. The number of hydrogen-bond acceptors (Lipinski definition) is 3. The Morgan fingerprint density at radius 1 is 0.839 bits per heavy atom. The van der Waals surface area contributed by atoms with E-state index in [0.29, 0.717) is 0 Å². The van der Waals surface area contributed by atoms with Gasteiger partial charge in [0, 0.05) is 5.92 Å². The number of hydrogen-bond donors (Lipinski definition) is 1. The maximum Gasteiger partial charge on any atom is 0.234 e. The van der Waals surface area contributed by atoms with E-state index in [2.05, 4.69) is 12.1 Å². The molecular formula is C27H23NO3. The largest absolute Gasteiger partial charge is 0.392 e. The second-order valence-corrected chi connectivity index (χ2v) is 8.95. The zero-order chi connectivity index (χ0) is 21.3. The van der Waals surface area contributed by atoms with Gasteiger partial charge in [-0.3, -0.25) is 14.5 Å².